The van der Waals surface area contributed by atoms with Crippen molar-refractivity contribution in [3.8, 4) is 0 Å². The zero-order valence-electron chi connectivity index (χ0n) is 9.20. The zero-order valence-corrected chi connectivity index (χ0v) is 12.2. The summed E-state index contributed by atoms with van der Waals surface area (Å²) in [5, 5.41) is 2.75. The lowest BCUT2D eigenvalue weighted by molar-refractivity contribution is 0.0954. The van der Waals surface area contributed by atoms with E-state index < -0.39 is 10.8 Å². The molecule has 0 spiro atoms. The van der Waals surface area contributed by atoms with Gasteiger partial charge in [0.05, 0.1) is 0 Å². The van der Waals surface area contributed by atoms with Crippen molar-refractivity contribution in [3.05, 3.63) is 33.4 Å². The molecule has 0 saturated carbocycles. The number of rotatable bonds is 4. The summed E-state index contributed by atoms with van der Waals surface area (Å²) < 4.78 is 12.1. The largest absolute Gasteiger partial charge is 0.351 e. The van der Waals surface area contributed by atoms with Crippen LogP contribution in [-0.4, -0.2) is 28.2 Å². The molecule has 0 saturated heterocycles. The van der Waals surface area contributed by atoms with Crippen molar-refractivity contribution in [3.63, 3.8) is 0 Å². The fraction of sp³-hybridized carbons (Fsp3) is 0.364. The standard InChI is InChI=1S/C11H14INO2S/c1-8(16(2)15)7-13-11(14)9-4-3-5-10(12)6-9/h3-6,8H,7H2,1-2H3,(H,13,14). The van der Waals surface area contributed by atoms with Gasteiger partial charge in [-0.1, -0.05) is 6.07 Å². The first kappa shape index (κ1) is 13.6. The van der Waals surface area contributed by atoms with Crippen LogP contribution in [0.4, 0.5) is 0 Å². The van der Waals surface area contributed by atoms with E-state index in [1.54, 1.807) is 12.3 Å². The molecule has 1 N–H and O–H groups in total. The van der Waals surface area contributed by atoms with E-state index in [-0.39, 0.29) is 11.2 Å². The number of nitrogens with one attached hydrogen (secondary N) is 1. The lowest BCUT2D eigenvalue weighted by Gasteiger charge is -2.09. The van der Waals surface area contributed by atoms with Gasteiger partial charge >= 0.3 is 0 Å². The van der Waals surface area contributed by atoms with Gasteiger partial charge in [0.2, 0.25) is 0 Å². The van der Waals surface area contributed by atoms with Gasteiger partial charge in [0.1, 0.15) is 0 Å². The zero-order chi connectivity index (χ0) is 12.1. The Hall–Kier alpha value is -0.430. The maximum absolute atomic E-state index is 11.7. The third-order valence-electron chi connectivity index (χ3n) is 2.20. The highest BCUT2D eigenvalue weighted by Crippen LogP contribution is 2.07. The summed E-state index contributed by atoms with van der Waals surface area (Å²) in [5.74, 6) is -0.115. The van der Waals surface area contributed by atoms with Gasteiger partial charge < -0.3 is 5.32 Å². The Balaban J connectivity index is 2.56. The minimum absolute atomic E-state index is 0.0215. The van der Waals surface area contributed by atoms with Crippen LogP contribution >= 0.6 is 22.6 Å². The number of carbonyl (C=O) groups is 1. The van der Waals surface area contributed by atoms with Gasteiger partial charge in [-0.05, 0) is 47.7 Å². The third-order valence-corrected chi connectivity index (χ3v) is 4.17. The van der Waals surface area contributed by atoms with E-state index >= 15 is 0 Å². The summed E-state index contributed by atoms with van der Waals surface area (Å²) in [4.78, 5) is 11.7. The van der Waals surface area contributed by atoms with Gasteiger partial charge in [-0.15, -0.1) is 0 Å². The fourth-order valence-corrected chi connectivity index (χ4v) is 1.95. The first-order valence-corrected chi connectivity index (χ1v) is 7.56. The van der Waals surface area contributed by atoms with Crippen molar-refractivity contribution < 1.29 is 9.00 Å². The van der Waals surface area contributed by atoms with Crippen molar-refractivity contribution in [2.75, 3.05) is 12.8 Å². The van der Waals surface area contributed by atoms with Crippen LogP contribution in [0.5, 0.6) is 0 Å². The third kappa shape index (κ3) is 4.21. The minimum atomic E-state index is -0.904. The van der Waals surface area contributed by atoms with Gasteiger partial charge in [0.25, 0.3) is 5.91 Å². The first-order valence-electron chi connectivity index (χ1n) is 4.86. The molecule has 2 unspecified atom stereocenters. The number of benzene rings is 1. The molecule has 0 aliphatic carbocycles. The molecule has 1 rings (SSSR count). The summed E-state index contributed by atoms with van der Waals surface area (Å²) in [6.45, 7) is 2.29. The molecule has 5 heteroatoms. The van der Waals surface area contributed by atoms with Crippen LogP contribution in [0.3, 0.4) is 0 Å². The minimum Gasteiger partial charge on any atom is -0.351 e. The van der Waals surface area contributed by atoms with Crippen LogP contribution in [0, 0.1) is 3.57 Å². The molecule has 0 bridgehead atoms. The number of hydrogen-bond donors (Lipinski definition) is 1. The molecule has 16 heavy (non-hydrogen) atoms. The summed E-state index contributed by atoms with van der Waals surface area (Å²) in [7, 11) is -0.904. The van der Waals surface area contributed by atoms with Crippen molar-refractivity contribution >= 4 is 39.3 Å². The normalized spacial score (nSPS) is 14.2. The van der Waals surface area contributed by atoms with Crippen LogP contribution in [-0.2, 0) is 10.8 Å². The Morgan fingerprint density at radius 3 is 2.81 bits per heavy atom. The van der Waals surface area contributed by atoms with E-state index in [4.69, 9.17) is 0 Å². The van der Waals surface area contributed by atoms with E-state index in [1.165, 1.54) is 0 Å². The Bertz CT molecular complexity index is 409. The summed E-state index contributed by atoms with van der Waals surface area (Å²) >= 11 is 2.16. The van der Waals surface area contributed by atoms with E-state index in [2.05, 4.69) is 27.9 Å². The van der Waals surface area contributed by atoms with Crippen molar-refractivity contribution in [1.29, 1.82) is 0 Å². The highest BCUT2D eigenvalue weighted by molar-refractivity contribution is 14.1. The Morgan fingerprint density at radius 2 is 2.25 bits per heavy atom. The SMILES string of the molecule is CC(CNC(=O)c1cccc(I)c1)S(C)=O. The van der Waals surface area contributed by atoms with E-state index in [9.17, 15) is 9.00 Å². The lowest BCUT2D eigenvalue weighted by Crippen LogP contribution is -2.32. The number of halogens is 1. The van der Waals surface area contributed by atoms with Crippen molar-refractivity contribution in [2.45, 2.75) is 12.2 Å². The molecule has 1 aromatic rings. The molecule has 88 valence electrons. The molecule has 0 heterocycles. The monoisotopic (exact) mass is 351 g/mol. The van der Waals surface area contributed by atoms with Gasteiger partial charge in [-0.25, -0.2) is 0 Å². The predicted octanol–water partition coefficient (Wildman–Crippen LogP) is 1.79. The second-order valence-electron chi connectivity index (χ2n) is 3.53. The smallest absolute Gasteiger partial charge is 0.251 e. The van der Waals surface area contributed by atoms with Gasteiger partial charge in [0, 0.05) is 38.0 Å². The van der Waals surface area contributed by atoms with Crippen LogP contribution in [0.25, 0.3) is 0 Å². The summed E-state index contributed by atoms with van der Waals surface area (Å²) in [6, 6.07) is 7.37. The van der Waals surface area contributed by atoms with Crippen LogP contribution < -0.4 is 5.32 Å². The van der Waals surface area contributed by atoms with E-state index in [1.807, 2.05) is 25.1 Å². The molecule has 0 fully saturated rings. The average molecular weight is 351 g/mol. The quantitative estimate of drug-likeness (QED) is 0.841. The Labute approximate surface area is 112 Å². The number of carbonyl (C=O) groups excluding carboxylic acids is 1. The first-order chi connectivity index (χ1) is 7.50. The molecule has 0 aliphatic rings. The summed E-state index contributed by atoms with van der Waals surface area (Å²) in [6.07, 6.45) is 1.64. The topological polar surface area (TPSA) is 46.2 Å². The summed E-state index contributed by atoms with van der Waals surface area (Å²) in [5.41, 5.74) is 0.640. The van der Waals surface area contributed by atoms with Crippen LogP contribution in [0.2, 0.25) is 0 Å². The van der Waals surface area contributed by atoms with Crippen LogP contribution in [0.1, 0.15) is 17.3 Å². The van der Waals surface area contributed by atoms with E-state index in [0.717, 1.165) is 3.57 Å². The van der Waals surface area contributed by atoms with E-state index in [0.29, 0.717) is 12.1 Å². The number of hydrogen-bond acceptors (Lipinski definition) is 2. The molecule has 2 atom stereocenters. The molecule has 0 radical (unpaired) electrons. The Kier molecular flexibility index (Phi) is 5.40. The molecular weight excluding hydrogens is 337 g/mol. The highest BCUT2D eigenvalue weighted by Gasteiger charge is 2.09. The highest BCUT2D eigenvalue weighted by atomic mass is 127. The molecule has 1 aromatic carbocycles. The molecule has 1 amide bonds. The van der Waals surface area contributed by atoms with Crippen molar-refractivity contribution in [2.24, 2.45) is 0 Å². The maximum atomic E-state index is 11.7. The molecule has 0 aromatic heterocycles. The van der Waals surface area contributed by atoms with Gasteiger partial charge in [-0.3, -0.25) is 9.00 Å². The predicted molar refractivity (Wildman–Crippen MR) is 75.0 cm³/mol. The van der Waals surface area contributed by atoms with Gasteiger partial charge in [-0.2, -0.15) is 0 Å². The van der Waals surface area contributed by atoms with Gasteiger partial charge in [0.15, 0.2) is 0 Å². The lowest BCUT2D eigenvalue weighted by atomic mass is 10.2. The number of amides is 1. The average Bonchev–Trinajstić information content (AvgIpc) is 2.25. The van der Waals surface area contributed by atoms with Crippen molar-refractivity contribution in [1.82, 2.24) is 5.32 Å². The second-order valence-corrected chi connectivity index (χ2v) is 6.58. The molecule has 0 aliphatic heterocycles. The second kappa shape index (κ2) is 6.34. The van der Waals surface area contributed by atoms with Crippen LogP contribution in [0.15, 0.2) is 24.3 Å². The maximum Gasteiger partial charge on any atom is 0.251 e. The fourth-order valence-electron chi connectivity index (χ4n) is 1.09. The molecule has 3 nitrogen and oxygen atoms in total. The Morgan fingerprint density at radius 1 is 1.56 bits per heavy atom. The molecular formula is C11H14INO2S.